The first-order chi connectivity index (χ1) is 15.0. The number of nitrogens with zero attached hydrogens (tertiary/aromatic N) is 1. The summed E-state index contributed by atoms with van der Waals surface area (Å²) in [6.45, 7) is 8.79. The van der Waals surface area contributed by atoms with E-state index in [1.165, 1.54) is 45.7 Å². The summed E-state index contributed by atoms with van der Waals surface area (Å²) in [7, 11) is 1.70. The molecule has 31 heavy (non-hydrogen) atoms. The number of aryl methyl sites for hydroxylation is 1. The fourth-order valence-electron chi connectivity index (χ4n) is 4.27. The summed E-state index contributed by atoms with van der Waals surface area (Å²) in [6, 6.07) is 12.3. The zero-order valence-corrected chi connectivity index (χ0v) is 20.2. The molecule has 1 saturated heterocycles. The van der Waals surface area contributed by atoms with E-state index in [9.17, 15) is 4.79 Å². The van der Waals surface area contributed by atoms with E-state index < -0.39 is 0 Å². The second-order valence-electron chi connectivity index (χ2n) is 8.35. The van der Waals surface area contributed by atoms with Gasteiger partial charge in [-0.3, -0.25) is 9.69 Å². The van der Waals surface area contributed by atoms with Gasteiger partial charge in [-0.25, -0.2) is 0 Å². The lowest BCUT2D eigenvalue weighted by Gasteiger charge is -2.38. The molecule has 164 valence electrons. The topological polar surface area (TPSA) is 41.6 Å². The smallest absolute Gasteiger partial charge is 0.266 e. The number of ether oxygens (including phenoxy) is 1. The van der Waals surface area contributed by atoms with Crippen molar-refractivity contribution in [2.75, 3.05) is 25.5 Å². The number of amides is 1. The van der Waals surface area contributed by atoms with Crippen LogP contribution in [0.4, 0.5) is 5.00 Å². The van der Waals surface area contributed by atoms with E-state index in [1.807, 2.05) is 29.6 Å². The molecule has 4 rings (SSSR count). The molecule has 1 aliphatic rings. The van der Waals surface area contributed by atoms with E-state index in [0.717, 1.165) is 34.6 Å². The van der Waals surface area contributed by atoms with Crippen molar-refractivity contribution in [1.82, 2.24) is 4.90 Å². The first-order valence-corrected chi connectivity index (χ1v) is 12.5. The highest BCUT2D eigenvalue weighted by molar-refractivity contribution is 7.17. The molecular formula is C25H30N2O2S2. The van der Waals surface area contributed by atoms with E-state index in [0.29, 0.717) is 0 Å². The first kappa shape index (κ1) is 22.1. The highest BCUT2D eigenvalue weighted by Crippen LogP contribution is 2.43. The Morgan fingerprint density at radius 1 is 1.16 bits per heavy atom. The highest BCUT2D eigenvalue weighted by atomic mass is 32.1. The summed E-state index contributed by atoms with van der Waals surface area (Å²) >= 11 is 3.16. The lowest BCUT2D eigenvalue weighted by Crippen LogP contribution is -2.37. The summed E-state index contributed by atoms with van der Waals surface area (Å²) in [6.07, 6.45) is 2.40. The van der Waals surface area contributed by atoms with Gasteiger partial charge >= 0.3 is 0 Å². The molecule has 0 bridgehead atoms. The number of carbonyl (C=O) groups excluding carboxylic acids is 1. The molecule has 1 atom stereocenters. The Morgan fingerprint density at radius 2 is 1.87 bits per heavy atom. The molecule has 2 aromatic heterocycles. The minimum atomic E-state index is -0.0294. The molecule has 1 fully saturated rings. The van der Waals surface area contributed by atoms with Gasteiger partial charge in [0, 0.05) is 10.4 Å². The maximum absolute atomic E-state index is 12.9. The van der Waals surface area contributed by atoms with Gasteiger partial charge in [-0.1, -0.05) is 25.1 Å². The maximum atomic E-state index is 12.9. The van der Waals surface area contributed by atoms with Gasteiger partial charge in [-0.05, 0) is 80.4 Å². The van der Waals surface area contributed by atoms with Crippen LogP contribution in [0.3, 0.4) is 0 Å². The molecule has 0 unspecified atom stereocenters. The number of benzene rings is 1. The second kappa shape index (κ2) is 9.55. The lowest BCUT2D eigenvalue weighted by molar-refractivity contribution is 0.103. The van der Waals surface area contributed by atoms with Gasteiger partial charge in [0.25, 0.3) is 5.91 Å². The molecule has 1 N–H and O–H groups in total. The average molecular weight is 455 g/mol. The number of hydrogen-bond donors (Lipinski definition) is 1. The molecule has 6 heteroatoms. The Bertz CT molecular complexity index is 1020. The number of nitrogens with one attached hydrogen (secondary N) is 1. The third-order valence-electron chi connectivity index (χ3n) is 6.29. The molecular weight excluding hydrogens is 424 g/mol. The van der Waals surface area contributed by atoms with Gasteiger partial charge in [0.15, 0.2) is 0 Å². The van der Waals surface area contributed by atoms with Crippen LogP contribution in [0.1, 0.15) is 57.0 Å². The maximum Gasteiger partial charge on any atom is 0.266 e. The van der Waals surface area contributed by atoms with Gasteiger partial charge in [0.05, 0.1) is 18.0 Å². The SMILES string of the molecule is COc1ccc([C@H](c2c(NC(=O)c3cccs3)sc(C)c2C)N2CCC(C)CC2)cc1. The number of carbonyl (C=O) groups is 1. The molecule has 1 aliphatic heterocycles. The van der Waals surface area contributed by atoms with E-state index >= 15 is 0 Å². The average Bonchev–Trinajstić information content (AvgIpc) is 3.40. The third kappa shape index (κ3) is 4.71. The van der Waals surface area contributed by atoms with Crippen LogP contribution in [0, 0.1) is 19.8 Å². The highest BCUT2D eigenvalue weighted by Gasteiger charge is 2.31. The molecule has 1 aromatic carbocycles. The summed E-state index contributed by atoms with van der Waals surface area (Å²) < 4.78 is 5.39. The predicted molar refractivity (Wildman–Crippen MR) is 131 cm³/mol. The summed E-state index contributed by atoms with van der Waals surface area (Å²) in [5.41, 5.74) is 3.74. The second-order valence-corrected chi connectivity index (χ2v) is 10.5. The van der Waals surface area contributed by atoms with Gasteiger partial charge in [0.1, 0.15) is 10.8 Å². The van der Waals surface area contributed by atoms with Crippen molar-refractivity contribution in [2.24, 2.45) is 5.92 Å². The van der Waals surface area contributed by atoms with Gasteiger partial charge in [0.2, 0.25) is 0 Å². The van der Waals surface area contributed by atoms with Crippen LogP contribution in [0.25, 0.3) is 0 Å². The standard InChI is InChI=1S/C25H30N2O2S2/c1-16-11-13-27(14-12-16)23(19-7-9-20(29-4)10-8-19)22-17(2)18(3)31-25(22)26-24(28)21-6-5-15-30-21/h5-10,15-16,23H,11-14H2,1-4H3,(H,26,28)/t23-/m1/s1. The van der Waals surface area contributed by atoms with Crippen molar-refractivity contribution in [3.05, 3.63) is 68.2 Å². The minimum Gasteiger partial charge on any atom is -0.497 e. The molecule has 0 radical (unpaired) electrons. The Labute approximate surface area is 192 Å². The van der Waals surface area contributed by atoms with Crippen molar-refractivity contribution in [3.8, 4) is 5.75 Å². The molecule has 3 aromatic rings. The summed E-state index contributed by atoms with van der Waals surface area (Å²) in [5.74, 6) is 1.59. The van der Waals surface area contributed by atoms with E-state index in [2.05, 4.69) is 43.1 Å². The summed E-state index contributed by atoms with van der Waals surface area (Å²) in [4.78, 5) is 17.5. The lowest BCUT2D eigenvalue weighted by atomic mass is 9.91. The molecule has 0 aliphatic carbocycles. The van der Waals surface area contributed by atoms with Gasteiger partial charge in [-0.2, -0.15) is 0 Å². The van der Waals surface area contributed by atoms with Gasteiger partial charge in [-0.15, -0.1) is 22.7 Å². The van der Waals surface area contributed by atoms with Crippen LogP contribution in [-0.4, -0.2) is 31.0 Å². The van der Waals surface area contributed by atoms with Crippen molar-refractivity contribution < 1.29 is 9.53 Å². The quantitative estimate of drug-likeness (QED) is 0.462. The monoisotopic (exact) mass is 454 g/mol. The van der Waals surface area contributed by atoms with E-state index in [1.54, 1.807) is 18.4 Å². The summed E-state index contributed by atoms with van der Waals surface area (Å²) in [5, 5.41) is 6.14. The van der Waals surface area contributed by atoms with Crippen LogP contribution in [0.5, 0.6) is 5.75 Å². The Morgan fingerprint density at radius 3 is 2.48 bits per heavy atom. The number of rotatable bonds is 6. The number of likely N-dealkylation sites (tertiary alicyclic amines) is 1. The fraction of sp³-hybridized carbons (Fsp3) is 0.400. The third-order valence-corrected chi connectivity index (χ3v) is 8.30. The van der Waals surface area contributed by atoms with Crippen LogP contribution >= 0.6 is 22.7 Å². The van der Waals surface area contributed by atoms with Crippen molar-refractivity contribution >= 4 is 33.6 Å². The van der Waals surface area contributed by atoms with Crippen molar-refractivity contribution in [1.29, 1.82) is 0 Å². The normalized spacial score (nSPS) is 16.3. The largest absolute Gasteiger partial charge is 0.497 e. The number of hydrogen-bond acceptors (Lipinski definition) is 5. The predicted octanol–water partition coefficient (Wildman–Crippen LogP) is 6.51. The number of thiophene rings is 2. The van der Waals surface area contributed by atoms with E-state index in [4.69, 9.17) is 4.74 Å². The van der Waals surface area contributed by atoms with Crippen LogP contribution in [-0.2, 0) is 0 Å². The van der Waals surface area contributed by atoms with Crippen LogP contribution < -0.4 is 10.1 Å². The van der Waals surface area contributed by atoms with E-state index in [-0.39, 0.29) is 11.9 Å². The number of anilines is 1. The molecule has 3 heterocycles. The zero-order chi connectivity index (χ0) is 22.0. The Balaban J connectivity index is 1.75. The van der Waals surface area contributed by atoms with Gasteiger partial charge < -0.3 is 10.1 Å². The Hall–Kier alpha value is -2.15. The molecule has 1 amide bonds. The zero-order valence-electron chi connectivity index (χ0n) is 18.6. The first-order valence-electron chi connectivity index (χ1n) is 10.8. The number of methoxy groups -OCH3 is 1. The fourth-order valence-corrected chi connectivity index (χ4v) is 5.98. The van der Waals surface area contributed by atoms with Crippen LogP contribution in [0.2, 0.25) is 0 Å². The Kier molecular flexibility index (Phi) is 6.80. The minimum absolute atomic E-state index is 0.0294. The molecule has 4 nitrogen and oxygen atoms in total. The van der Waals surface area contributed by atoms with Crippen LogP contribution in [0.15, 0.2) is 41.8 Å². The molecule has 0 saturated carbocycles. The van der Waals surface area contributed by atoms with Crippen molar-refractivity contribution in [2.45, 2.75) is 39.7 Å². The van der Waals surface area contributed by atoms with Crippen molar-refractivity contribution in [3.63, 3.8) is 0 Å². The number of piperidine rings is 1. The molecule has 0 spiro atoms.